The van der Waals surface area contributed by atoms with Crippen molar-refractivity contribution < 1.29 is 0 Å². The Balaban J connectivity index is 2.25. The highest BCUT2D eigenvalue weighted by Gasteiger charge is 2.39. The maximum Gasteiger partial charge on any atom is 0.0498 e. The van der Waals surface area contributed by atoms with Gasteiger partial charge in [0.1, 0.15) is 0 Å². The Morgan fingerprint density at radius 3 is 2.59 bits per heavy atom. The predicted molar refractivity (Wildman–Crippen MR) is 78.5 cm³/mol. The molecule has 2 unspecified atom stereocenters. The van der Waals surface area contributed by atoms with Crippen molar-refractivity contribution in [3.05, 3.63) is 20.8 Å². The molecule has 0 radical (unpaired) electrons. The van der Waals surface area contributed by atoms with Gasteiger partial charge in [-0.25, -0.2) is 0 Å². The molecular formula is C13H21BrN2S. The van der Waals surface area contributed by atoms with E-state index < -0.39 is 0 Å². The molecule has 0 spiro atoms. The van der Waals surface area contributed by atoms with E-state index in [-0.39, 0.29) is 11.6 Å². The van der Waals surface area contributed by atoms with Gasteiger partial charge < -0.3 is 5.73 Å². The van der Waals surface area contributed by atoms with Gasteiger partial charge in [-0.05, 0) is 66.1 Å². The zero-order chi connectivity index (χ0) is 12.5. The Bertz CT molecular complexity index is 373. The average molecular weight is 317 g/mol. The molecule has 0 amide bonds. The van der Waals surface area contributed by atoms with Crippen molar-refractivity contribution >= 4 is 27.3 Å². The van der Waals surface area contributed by atoms with Crippen molar-refractivity contribution in [2.24, 2.45) is 5.73 Å². The molecule has 2 N–H and O–H groups in total. The van der Waals surface area contributed by atoms with E-state index in [2.05, 4.69) is 45.4 Å². The van der Waals surface area contributed by atoms with Gasteiger partial charge in [-0.2, -0.15) is 11.3 Å². The summed E-state index contributed by atoms with van der Waals surface area (Å²) in [5, 5.41) is 4.30. The third-order valence-electron chi connectivity index (χ3n) is 4.19. The number of likely N-dealkylation sites (tertiary alicyclic amines) is 1. The molecule has 2 nitrogen and oxygen atoms in total. The van der Waals surface area contributed by atoms with Gasteiger partial charge in [0.25, 0.3) is 0 Å². The molecule has 0 aromatic carbocycles. The van der Waals surface area contributed by atoms with Gasteiger partial charge in [0.2, 0.25) is 0 Å². The number of hydrogen-bond acceptors (Lipinski definition) is 3. The zero-order valence-corrected chi connectivity index (χ0v) is 13.0. The minimum atomic E-state index is 0.0834. The number of nitrogens with two attached hydrogens (primary N) is 1. The highest BCUT2D eigenvalue weighted by atomic mass is 79.9. The van der Waals surface area contributed by atoms with Crippen LogP contribution in [0.4, 0.5) is 0 Å². The Kier molecular flexibility index (Phi) is 4.29. The van der Waals surface area contributed by atoms with Gasteiger partial charge >= 0.3 is 0 Å². The Labute approximate surface area is 116 Å². The molecule has 1 aliphatic heterocycles. The van der Waals surface area contributed by atoms with E-state index in [0.29, 0.717) is 0 Å². The second kappa shape index (κ2) is 5.39. The molecular weight excluding hydrogens is 296 g/mol. The van der Waals surface area contributed by atoms with Gasteiger partial charge in [-0.1, -0.05) is 6.92 Å². The van der Waals surface area contributed by atoms with Crippen LogP contribution in [0.5, 0.6) is 0 Å². The van der Waals surface area contributed by atoms with Gasteiger partial charge in [-0.15, -0.1) is 0 Å². The normalized spacial score (nSPS) is 22.6. The van der Waals surface area contributed by atoms with E-state index in [1.165, 1.54) is 31.5 Å². The molecule has 17 heavy (non-hydrogen) atoms. The number of halogens is 1. The van der Waals surface area contributed by atoms with Crippen LogP contribution < -0.4 is 5.73 Å². The fraction of sp³-hybridized carbons (Fsp3) is 0.692. The van der Waals surface area contributed by atoms with Crippen molar-refractivity contribution in [2.45, 2.75) is 44.7 Å². The average Bonchev–Trinajstić information content (AvgIpc) is 2.97. The van der Waals surface area contributed by atoms with Gasteiger partial charge in [0.05, 0.1) is 0 Å². The highest BCUT2D eigenvalue weighted by molar-refractivity contribution is 9.10. The van der Waals surface area contributed by atoms with Crippen LogP contribution in [0.1, 0.15) is 44.7 Å². The van der Waals surface area contributed by atoms with Crippen molar-refractivity contribution in [1.29, 1.82) is 0 Å². The first-order valence-electron chi connectivity index (χ1n) is 6.32. The van der Waals surface area contributed by atoms with Crippen LogP contribution >= 0.6 is 27.3 Å². The van der Waals surface area contributed by atoms with Crippen LogP contribution in [0.15, 0.2) is 15.2 Å². The number of thiophene rings is 1. The van der Waals surface area contributed by atoms with Crippen molar-refractivity contribution in [2.75, 3.05) is 13.1 Å². The van der Waals surface area contributed by atoms with Crippen LogP contribution in [-0.2, 0) is 0 Å². The van der Waals surface area contributed by atoms with Crippen LogP contribution in [0.3, 0.4) is 0 Å². The molecule has 1 fully saturated rings. The topological polar surface area (TPSA) is 29.3 Å². The van der Waals surface area contributed by atoms with E-state index in [9.17, 15) is 0 Å². The molecule has 0 aliphatic carbocycles. The molecule has 2 heterocycles. The minimum absolute atomic E-state index is 0.0834. The zero-order valence-electron chi connectivity index (χ0n) is 10.6. The first kappa shape index (κ1) is 13.5. The van der Waals surface area contributed by atoms with Gasteiger partial charge in [-0.3, -0.25) is 4.90 Å². The highest BCUT2D eigenvalue weighted by Crippen LogP contribution is 2.38. The quantitative estimate of drug-likeness (QED) is 0.916. The lowest BCUT2D eigenvalue weighted by atomic mass is 9.85. The fourth-order valence-corrected chi connectivity index (χ4v) is 4.30. The number of rotatable bonds is 4. The Morgan fingerprint density at radius 2 is 2.12 bits per heavy atom. The summed E-state index contributed by atoms with van der Waals surface area (Å²) in [6.07, 6.45) is 3.72. The van der Waals surface area contributed by atoms with E-state index in [0.717, 1.165) is 10.9 Å². The molecule has 1 saturated heterocycles. The summed E-state index contributed by atoms with van der Waals surface area (Å²) in [5.41, 5.74) is 7.88. The molecule has 1 aromatic heterocycles. The maximum absolute atomic E-state index is 6.54. The molecule has 4 heteroatoms. The lowest BCUT2D eigenvalue weighted by molar-refractivity contribution is 0.0999. The molecule has 1 aliphatic rings. The summed E-state index contributed by atoms with van der Waals surface area (Å²) in [4.78, 5) is 2.57. The second-order valence-corrected chi connectivity index (χ2v) is 6.66. The fourth-order valence-electron chi connectivity index (χ4n) is 2.72. The lowest BCUT2D eigenvalue weighted by Crippen LogP contribution is -2.51. The monoisotopic (exact) mass is 316 g/mol. The predicted octanol–water partition coefficient (Wildman–Crippen LogP) is 3.77. The summed E-state index contributed by atoms with van der Waals surface area (Å²) in [5.74, 6) is 0. The van der Waals surface area contributed by atoms with Crippen LogP contribution in [-0.4, -0.2) is 23.5 Å². The van der Waals surface area contributed by atoms with E-state index in [1.54, 1.807) is 11.3 Å². The largest absolute Gasteiger partial charge is 0.322 e. The molecule has 1 aromatic rings. The smallest absolute Gasteiger partial charge is 0.0498 e. The minimum Gasteiger partial charge on any atom is -0.322 e. The third kappa shape index (κ3) is 2.46. The third-order valence-corrected chi connectivity index (χ3v) is 5.94. The summed E-state index contributed by atoms with van der Waals surface area (Å²) >= 11 is 5.33. The molecule has 0 saturated carbocycles. The second-order valence-electron chi connectivity index (χ2n) is 5.06. The van der Waals surface area contributed by atoms with Crippen molar-refractivity contribution in [3.63, 3.8) is 0 Å². The molecule has 0 bridgehead atoms. The Morgan fingerprint density at radius 1 is 1.47 bits per heavy atom. The maximum atomic E-state index is 6.54. The van der Waals surface area contributed by atoms with Crippen LogP contribution in [0.2, 0.25) is 0 Å². The number of nitrogens with zero attached hydrogens (tertiary/aromatic N) is 1. The molecule has 96 valence electrons. The Hall–Kier alpha value is 0.1000. The van der Waals surface area contributed by atoms with Gasteiger partial charge in [0.15, 0.2) is 0 Å². The lowest BCUT2D eigenvalue weighted by Gasteiger charge is -2.43. The summed E-state index contributed by atoms with van der Waals surface area (Å²) in [6, 6.07) is 0.0891. The number of hydrogen-bond donors (Lipinski definition) is 1. The van der Waals surface area contributed by atoms with Crippen LogP contribution in [0.25, 0.3) is 0 Å². The van der Waals surface area contributed by atoms with E-state index >= 15 is 0 Å². The van der Waals surface area contributed by atoms with Crippen molar-refractivity contribution in [1.82, 2.24) is 4.90 Å². The molecule has 2 rings (SSSR count). The molecule has 2 atom stereocenters. The SMILES string of the molecule is CCC(C)(C(N)c1cscc1Br)N1CCCC1. The van der Waals surface area contributed by atoms with Gasteiger partial charge in [0, 0.05) is 21.4 Å². The van der Waals surface area contributed by atoms with E-state index in [4.69, 9.17) is 5.73 Å². The summed E-state index contributed by atoms with van der Waals surface area (Å²) < 4.78 is 1.16. The summed E-state index contributed by atoms with van der Waals surface area (Å²) in [7, 11) is 0. The summed E-state index contributed by atoms with van der Waals surface area (Å²) in [6.45, 7) is 6.95. The van der Waals surface area contributed by atoms with Crippen molar-refractivity contribution in [3.8, 4) is 0 Å². The standard InChI is InChI=1S/C13H21BrN2S/c1-3-13(2,16-6-4-5-7-16)12(15)10-8-17-9-11(10)14/h8-9,12H,3-7,15H2,1-2H3. The van der Waals surface area contributed by atoms with Crippen LogP contribution in [0, 0.1) is 0 Å². The van der Waals surface area contributed by atoms with E-state index in [1.807, 2.05) is 0 Å². The first-order valence-corrected chi connectivity index (χ1v) is 8.05. The first-order chi connectivity index (χ1) is 8.09.